The maximum Gasteiger partial charge on any atom is 0.271 e. The average molecular weight is 343 g/mol. The minimum atomic E-state index is -0.469. The number of nitro groups is 1. The highest BCUT2D eigenvalue weighted by Crippen LogP contribution is 2.32. The predicted molar refractivity (Wildman–Crippen MR) is 93.2 cm³/mol. The largest absolute Gasteiger partial charge is 0.370 e. The SMILES string of the molecule is Cn1ccnc1C(Nc1ccc([N+](=O)[O-])cc1Cl)c1ccccc1. The van der Waals surface area contributed by atoms with Crippen LogP contribution in [0.4, 0.5) is 11.4 Å². The lowest BCUT2D eigenvalue weighted by Gasteiger charge is -2.21. The number of anilines is 1. The second-order valence-electron chi connectivity index (χ2n) is 5.31. The summed E-state index contributed by atoms with van der Waals surface area (Å²) >= 11 is 6.21. The smallest absolute Gasteiger partial charge is 0.271 e. The number of halogens is 1. The van der Waals surface area contributed by atoms with Crippen LogP contribution in [0, 0.1) is 10.1 Å². The molecule has 2 aromatic carbocycles. The molecule has 1 N–H and O–H groups in total. The summed E-state index contributed by atoms with van der Waals surface area (Å²) in [6.07, 6.45) is 3.59. The van der Waals surface area contributed by atoms with Crippen molar-refractivity contribution in [1.29, 1.82) is 0 Å². The van der Waals surface area contributed by atoms with E-state index in [-0.39, 0.29) is 11.7 Å². The Kier molecular flexibility index (Phi) is 4.48. The number of aromatic nitrogens is 2. The molecule has 0 aliphatic rings. The topological polar surface area (TPSA) is 73.0 Å². The molecule has 0 radical (unpaired) electrons. The lowest BCUT2D eigenvalue weighted by molar-refractivity contribution is -0.384. The van der Waals surface area contributed by atoms with Gasteiger partial charge < -0.3 is 9.88 Å². The quantitative estimate of drug-likeness (QED) is 0.557. The molecular weight excluding hydrogens is 328 g/mol. The molecule has 6 nitrogen and oxygen atoms in total. The first-order valence-electron chi connectivity index (χ1n) is 7.29. The van der Waals surface area contributed by atoms with E-state index >= 15 is 0 Å². The van der Waals surface area contributed by atoms with Crippen LogP contribution < -0.4 is 5.32 Å². The molecule has 24 heavy (non-hydrogen) atoms. The van der Waals surface area contributed by atoms with Crippen LogP contribution in [0.25, 0.3) is 0 Å². The summed E-state index contributed by atoms with van der Waals surface area (Å²) in [5.74, 6) is 0.815. The molecule has 0 aliphatic heterocycles. The molecule has 0 spiro atoms. The van der Waals surface area contributed by atoms with Crippen LogP contribution in [0.2, 0.25) is 5.02 Å². The second kappa shape index (κ2) is 6.72. The molecule has 1 heterocycles. The Morgan fingerprint density at radius 3 is 2.58 bits per heavy atom. The van der Waals surface area contributed by atoms with Gasteiger partial charge in [0.05, 0.1) is 15.6 Å². The molecule has 3 rings (SSSR count). The summed E-state index contributed by atoms with van der Waals surface area (Å²) in [7, 11) is 1.91. The van der Waals surface area contributed by atoms with Crippen LogP contribution in [0.1, 0.15) is 17.4 Å². The van der Waals surface area contributed by atoms with E-state index < -0.39 is 4.92 Å². The zero-order chi connectivity index (χ0) is 17.1. The Hall–Kier alpha value is -2.86. The summed E-state index contributed by atoms with van der Waals surface area (Å²) in [6, 6.07) is 14.0. The number of hydrogen-bond acceptors (Lipinski definition) is 4. The monoisotopic (exact) mass is 342 g/mol. The van der Waals surface area contributed by atoms with Crippen LogP contribution in [-0.4, -0.2) is 14.5 Å². The third-order valence-corrected chi connectivity index (χ3v) is 4.03. The Morgan fingerprint density at radius 2 is 2.00 bits per heavy atom. The molecular formula is C17H15ClN4O2. The molecule has 0 aliphatic carbocycles. The first kappa shape index (κ1) is 16.0. The summed E-state index contributed by atoms with van der Waals surface area (Å²) in [6.45, 7) is 0. The van der Waals surface area contributed by atoms with Gasteiger partial charge in [-0.1, -0.05) is 41.9 Å². The van der Waals surface area contributed by atoms with E-state index in [1.165, 1.54) is 12.1 Å². The maximum absolute atomic E-state index is 10.9. The van der Waals surface area contributed by atoms with E-state index in [0.29, 0.717) is 10.7 Å². The fraction of sp³-hybridized carbons (Fsp3) is 0.118. The molecule has 0 saturated heterocycles. The Morgan fingerprint density at radius 1 is 1.25 bits per heavy atom. The third kappa shape index (κ3) is 3.23. The van der Waals surface area contributed by atoms with Gasteiger partial charge in [-0.15, -0.1) is 0 Å². The zero-order valence-electron chi connectivity index (χ0n) is 12.9. The minimum Gasteiger partial charge on any atom is -0.370 e. The maximum atomic E-state index is 10.9. The summed E-state index contributed by atoms with van der Waals surface area (Å²) < 4.78 is 1.92. The molecule has 122 valence electrons. The van der Waals surface area contributed by atoms with Crippen molar-refractivity contribution >= 4 is 23.0 Å². The van der Waals surface area contributed by atoms with Gasteiger partial charge in [-0.05, 0) is 11.6 Å². The summed E-state index contributed by atoms with van der Waals surface area (Å²) in [5.41, 5.74) is 1.58. The lowest BCUT2D eigenvalue weighted by atomic mass is 10.1. The third-order valence-electron chi connectivity index (χ3n) is 3.71. The van der Waals surface area contributed by atoms with Crippen molar-refractivity contribution in [3.63, 3.8) is 0 Å². The minimum absolute atomic E-state index is 0.0428. The van der Waals surface area contributed by atoms with E-state index in [1.54, 1.807) is 12.3 Å². The van der Waals surface area contributed by atoms with Gasteiger partial charge in [0.2, 0.25) is 0 Å². The van der Waals surface area contributed by atoms with Crippen molar-refractivity contribution in [1.82, 2.24) is 9.55 Å². The molecule has 0 saturated carbocycles. The second-order valence-corrected chi connectivity index (χ2v) is 5.71. The average Bonchev–Trinajstić information content (AvgIpc) is 3.00. The molecule has 0 fully saturated rings. The summed E-state index contributed by atoms with van der Waals surface area (Å²) in [4.78, 5) is 14.8. The molecule has 1 atom stereocenters. The Balaban J connectivity index is 1.99. The molecule has 3 aromatic rings. The van der Waals surface area contributed by atoms with E-state index in [2.05, 4.69) is 10.3 Å². The van der Waals surface area contributed by atoms with Crippen molar-refractivity contribution in [2.45, 2.75) is 6.04 Å². The first-order chi connectivity index (χ1) is 11.6. The van der Waals surface area contributed by atoms with E-state index in [1.807, 2.05) is 48.1 Å². The zero-order valence-corrected chi connectivity index (χ0v) is 13.6. The number of rotatable bonds is 5. The van der Waals surface area contributed by atoms with Crippen LogP contribution in [0.5, 0.6) is 0 Å². The first-order valence-corrected chi connectivity index (χ1v) is 7.66. The number of nitrogens with one attached hydrogen (secondary N) is 1. The highest BCUT2D eigenvalue weighted by atomic mass is 35.5. The number of benzene rings is 2. The number of nitro benzene ring substituents is 1. The predicted octanol–water partition coefficient (Wildman–Crippen LogP) is 4.18. The van der Waals surface area contributed by atoms with Gasteiger partial charge in [0.15, 0.2) is 0 Å². The van der Waals surface area contributed by atoms with Crippen LogP contribution in [0.3, 0.4) is 0 Å². The molecule has 1 aromatic heterocycles. The Bertz CT molecular complexity index is 864. The summed E-state index contributed by atoms with van der Waals surface area (Å²) in [5, 5.41) is 14.5. The van der Waals surface area contributed by atoms with E-state index in [0.717, 1.165) is 11.4 Å². The standard InChI is InChI=1S/C17H15ClN4O2/c1-21-10-9-19-17(21)16(12-5-3-2-4-6-12)20-15-8-7-13(22(23)24)11-14(15)18/h2-11,16,20H,1H3. The van der Waals surface area contributed by atoms with Gasteiger partial charge in [-0.3, -0.25) is 10.1 Å². The van der Waals surface area contributed by atoms with Crippen LogP contribution in [0.15, 0.2) is 60.9 Å². The molecule has 0 bridgehead atoms. The van der Waals surface area contributed by atoms with Crippen molar-refractivity contribution in [3.05, 3.63) is 87.4 Å². The lowest BCUT2D eigenvalue weighted by Crippen LogP contribution is -2.17. The number of aryl methyl sites for hydroxylation is 1. The molecule has 0 amide bonds. The van der Waals surface area contributed by atoms with Crippen molar-refractivity contribution in [2.75, 3.05) is 5.32 Å². The number of imidazole rings is 1. The van der Waals surface area contributed by atoms with Gasteiger partial charge in [0.1, 0.15) is 11.9 Å². The normalized spacial score (nSPS) is 11.9. The van der Waals surface area contributed by atoms with Gasteiger partial charge in [0, 0.05) is 31.6 Å². The van der Waals surface area contributed by atoms with E-state index in [9.17, 15) is 10.1 Å². The van der Waals surface area contributed by atoms with Gasteiger partial charge in [0.25, 0.3) is 5.69 Å². The van der Waals surface area contributed by atoms with E-state index in [4.69, 9.17) is 11.6 Å². The van der Waals surface area contributed by atoms with Crippen LogP contribution in [-0.2, 0) is 7.05 Å². The fourth-order valence-electron chi connectivity index (χ4n) is 2.49. The van der Waals surface area contributed by atoms with Gasteiger partial charge >= 0.3 is 0 Å². The van der Waals surface area contributed by atoms with Crippen molar-refractivity contribution in [3.8, 4) is 0 Å². The number of non-ortho nitro benzene ring substituents is 1. The van der Waals surface area contributed by atoms with Gasteiger partial charge in [-0.25, -0.2) is 4.98 Å². The van der Waals surface area contributed by atoms with Crippen molar-refractivity contribution < 1.29 is 4.92 Å². The Labute approximate surface area is 143 Å². The molecule has 7 heteroatoms. The number of nitrogens with zero attached hydrogens (tertiary/aromatic N) is 3. The molecule has 1 unspecified atom stereocenters. The van der Waals surface area contributed by atoms with Gasteiger partial charge in [-0.2, -0.15) is 0 Å². The number of hydrogen-bond donors (Lipinski definition) is 1. The van der Waals surface area contributed by atoms with Crippen LogP contribution >= 0.6 is 11.6 Å². The fourth-order valence-corrected chi connectivity index (χ4v) is 2.72. The van der Waals surface area contributed by atoms with Crippen molar-refractivity contribution in [2.24, 2.45) is 7.05 Å². The highest BCUT2D eigenvalue weighted by molar-refractivity contribution is 6.33. The highest BCUT2D eigenvalue weighted by Gasteiger charge is 2.20.